The van der Waals surface area contributed by atoms with Gasteiger partial charge < -0.3 is 4.74 Å². The summed E-state index contributed by atoms with van der Waals surface area (Å²) in [6, 6.07) is 5.33. The number of thiazole rings is 1. The molecule has 0 amide bonds. The summed E-state index contributed by atoms with van der Waals surface area (Å²) in [5, 5.41) is 13.6. The molecule has 0 aliphatic heterocycles. The van der Waals surface area contributed by atoms with Gasteiger partial charge in [-0.1, -0.05) is 29.3 Å². The Balaban J connectivity index is 1.79. The fraction of sp³-hybridized carbons (Fsp3) is 0.200. The Labute approximate surface area is 161 Å². The number of carbonyl (C=O) groups excluding carboxylic acids is 1. The van der Waals surface area contributed by atoms with Crippen LogP contribution in [0.3, 0.4) is 0 Å². The average Bonchev–Trinajstić information content (AvgIpc) is 3.19. The molecule has 2 heterocycles. The highest BCUT2D eigenvalue weighted by atomic mass is 35.5. The molecule has 0 atom stereocenters. The minimum absolute atomic E-state index is 0.144. The average molecular weight is 415 g/mol. The van der Waals surface area contributed by atoms with E-state index >= 15 is 0 Å². The molecule has 0 aliphatic carbocycles. The highest BCUT2D eigenvalue weighted by Crippen LogP contribution is 2.35. The van der Waals surface area contributed by atoms with E-state index in [0.717, 1.165) is 11.3 Å². The van der Waals surface area contributed by atoms with Crippen molar-refractivity contribution in [1.82, 2.24) is 20.4 Å². The second-order valence-electron chi connectivity index (χ2n) is 5.16. The van der Waals surface area contributed by atoms with E-state index in [4.69, 9.17) is 27.9 Å². The number of aromatic amines is 1. The summed E-state index contributed by atoms with van der Waals surface area (Å²) < 4.78 is 5.87. The van der Waals surface area contributed by atoms with Gasteiger partial charge in [0.05, 0.1) is 21.8 Å². The number of halogens is 2. The largest absolute Gasteiger partial charge is 0.458 e. The molecular weight excluding hydrogens is 403 g/mol. The number of ether oxygens (including phenoxy) is 1. The molecule has 1 aromatic carbocycles. The van der Waals surface area contributed by atoms with Gasteiger partial charge in [-0.25, -0.2) is 9.78 Å². The third kappa shape index (κ3) is 4.33. The first-order valence-electron chi connectivity index (χ1n) is 7.14. The monoisotopic (exact) mass is 414 g/mol. The summed E-state index contributed by atoms with van der Waals surface area (Å²) >= 11 is 14.7. The Hall–Kier alpha value is -1.61. The second-order valence-corrected chi connectivity index (χ2v) is 8.07. The molecule has 0 unspecified atom stereocenters. The number of hydrogen-bond donors (Lipinski definition) is 1. The molecule has 25 heavy (non-hydrogen) atoms. The van der Waals surface area contributed by atoms with Crippen molar-refractivity contribution < 1.29 is 9.53 Å². The van der Waals surface area contributed by atoms with Crippen molar-refractivity contribution in [2.75, 3.05) is 0 Å². The van der Waals surface area contributed by atoms with Gasteiger partial charge in [-0.15, -0.1) is 21.5 Å². The van der Waals surface area contributed by atoms with Crippen LogP contribution < -0.4 is 0 Å². The number of hydrogen-bond acceptors (Lipinski definition) is 7. The Morgan fingerprint density at radius 2 is 2.08 bits per heavy atom. The van der Waals surface area contributed by atoms with Gasteiger partial charge in [0.15, 0.2) is 9.37 Å². The number of esters is 1. The second kappa shape index (κ2) is 7.74. The first-order chi connectivity index (χ1) is 11.9. The highest BCUT2D eigenvalue weighted by molar-refractivity contribution is 8.01. The molecule has 6 nitrogen and oxygen atoms in total. The predicted octanol–water partition coefficient (Wildman–Crippen LogP) is 4.95. The maximum atomic E-state index is 12.0. The van der Waals surface area contributed by atoms with E-state index in [9.17, 15) is 4.79 Å². The fourth-order valence-electron chi connectivity index (χ4n) is 1.87. The first-order valence-corrected chi connectivity index (χ1v) is 9.60. The molecule has 0 saturated heterocycles. The van der Waals surface area contributed by atoms with Crippen LogP contribution in [0.1, 0.15) is 24.3 Å². The van der Waals surface area contributed by atoms with Gasteiger partial charge in [-0.3, -0.25) is 0 Å². The van der Waals surface area contributed by atoms with Crippen LogP contribution in [-0.2, 0) is 4.74 Å². The van der Waals surface area contributed by atoms with E-state index < -0.39 is 5.97 Å². The molecule has 3 aromatic rings. The molecule has 3 rings (SSSR count). The summed E-state index contributed by atoms with van der Waals surface area (Å²) in [5.41, 5.74) is 1.77. The smallest absolute Gasteiger partial charge is 0.362 e. The summed E-state index contributed by atoms with van der Waals surface area (Å²) in [6.45, 7) is 3.55. The minimum Gasteiger partial charge on any atom is -0.458 e. The molecule has 0 aliphatic rings. The number of nitrogens with zero attached hydrogens (tertiary/aromatic N) is 3. The molecule has 0 radical (unpaired) electrons. The number of nitrogens with one attached hydrogen (secondary N) is 1. The van der Waals surface area contributed by atoms with Crippen molar-refractivity contribution in [2.24, 2.45) is 0 Å². The van der Waals surface area contributed by atoms with Crippen LogP contribution in [0.2, 0.25) is 10.0 Å². The van der Waals surface area contributed by atoms with Crippen LogP contribution in [-0.4, -0.2) is 32.5 Å². The highest BCUT2D eigenvalue weighted by Gasteiger charge is 2.21. The zero-order valence-corrected chi connectivity index (χ0v) is 16.3. The third-order valence-corrected chi connectivity index (χ3v) is 5.59. The number of rotatable bonds is 5. The van der Waals surface area contributed by atoms with Gasteiger partial charge in [0.25, 0.3) is 0 Å². The molecule has 130 valence electrons. The molecule has 10 heteroatoms. The Morgan fingerprint density at radius 3 is 2.80 bits per heavy atom. The SMILES string of the molecule is CC(C)OC(=O)c1n[nH]nc1Sc1nc(-c2ccc(Cl)c(Cl)c2)cs1. The molecule has 0 spiro atoms. The van der Waals surface area contributed by atoms with E-state index in [1.807, 2.05) is 11.4 Å². The van der Waals surface area contributed by atoms with E-state index in [-0.39, 0.29) is 11.8 Å². The van der Waals surface area contributed by atoms with Crippen LogP contribution in [0.5, 0.6) is 0 Å². The maximum Gasteiger partial charge on any atom is 0.362 e. The maximum absolute atomic E-state index is 12.0. The lowest BCUT2D eigenvalue weighted by Crippen LogP contribution is -2.12. The lowest BCUT2D eigenvalue weighted by Gasteiger charge is -2.05. The number of H-pyrrole nitrogens is 1. The van der Waals surface area contributed by atoms with Crippen molar-refractivity contribution in [1.29, 1.82) is 0 Å². The normalized spacial score (nSPS) is 11.1. The number of aromatic nitrogens is 4. The number of carbonyl (C=O) groups is 1. The van der Waals surface area contributed by atoms with E-state index in [0.29, 0.717) is 19.4 Å². The standard InChI is InChI=1S/C15H12Cl2N4O2S2/c1-7(2)23-14(22)12-13(20-21-19-12)25-15-18-11(6-24-15)8-3-4-9(16)10(17)5-8/h3-7H,1-2H3,(H,19,20,21). The molecule has 0 fully saturated rings. The van der Waals surface area contributed by atoms with Gasteiger partial charge in [-0.2, -0.15) is 5.21 Å². The Kier molecular flexibility index (Phi) is 5.63. The number of benzene rings is 1. The zero-order valence-electron chi connectivity index (χ0n) is 13.1. The minimum atomic E-state index is -0.521. The van der Waals surface area contributed by atoms with Crippen LogP contribution in [0, 0.1) is 0 Å². The van der Waals surface area contributed by atoms with Crippen molar-refractivity contribution in [2.45, 2.75) is 29.3 Å². The lowest BCUT2D eigenvalue weighted by atomic mass is 10.2. The predicted molar refractivity (Wildman–Crippen MR) is 98.6 cm³/mol. The third-order valence-electron chi connectivity index (χ3n) is 2.93. The topological polar surface area (TPSA) is 80.8 Å². The van der Waals surface area contributed by atoms with Crippen LogP contribution in [0.15, 0.2) is 32.9 Å². The van der Waals surface area contributed by atoms with Gasteiger partial charge in [0.1, 0.15) is 0 Å². The van der Waals surface area contributed by atoms with Crippen LogP contribution in [0.4, 0.5) is 0 Å². The lowest BCUT2D eigenvalue weighted by molar-refractivity contribution is 0.0366. The van der Waals surface area contributed by atoms with Gasteiger partial charge in [-0.05, 0) is 37.7 Å². The van der Waals surface area contributed by atoms with E-state index in [1.54, 1.807) is 26.0 Å². The molecule has 2 aromatic heterocycles. The van der Waals surface area contributed by atoms with Crippen LogP contribution in [0.25, 0.3) is 11.3 Å². The van der Waals surface area contributed by atoms with E-state index in [1.165, 1.54) is 23.1 Å². The van der Waals surface area contributed by atoms with Gasteiger partial charge in [0, 0.05) is 10.9 Å². The molecule has 0 bridgehead atoms. The summed E-state index contributed by atoms with van der Waals surface area (Å²) in [7, 11) is 0. The fourth-order valence-corrected chi connectivity index (χ4v) is 3.92. The zero-order chi connectivity index (χ0) is 18.0. The quantitative estimate of drug-likeness (QED) is 0.594. The van der Waals surface area contributed by atoms with Crippen LogP contribution >= 0.6 is 46.3 Å². The van der Waals surface area contributed by atoms with Gasteiger partial charge in [0.2, 0.25) is 5.69 Å². The van der Waals surface area contributed by atoms with Crippen molar-refractivity contribution >= 4 is 52.3 Å². The van der Waals surface area contributed by atoms with Crippen molar-refractivity contribution in [3.63, 3.8) is 0 Å². The Bertz CT molecular complexity index is 911. The summed E-state index contributed by atoms with van der Waals surface area (Å²) in [5.74, 6) is -0.521. The first kappa shape index (κ1) is 18.2. The molecular formula is C15H12Cl2N4O2S2. The van der Waals surface area contributed by atoms with Gasteiger partial charge >= 0.3 is 5.97 Å². The van der Waals surface area contributed by atoms with Crippen molar-refractivity contribution in [3.05, 3.63) is 39.3 Å². The van der Waals surface area contributed by atoms with E-state index in [2.05, 4.69) is 20.4 Å². The Morgan fingerprint density at radius 1 is 1.28 bits per heavy atom. The summed E-state index contributed by atoms with van der Waals surface area (Å²) in [6.07, 6.45) is -0.233. The summed E-state index contributed by atoms with van der Waals surface area (Å²) in [4.78, 5) is 16.6. The molecule has 0 saturated carbocycles. The molecule has 1 N–H and O–H groups in total. The van der Waals surface area contributed by atoms with Crippen molar-refractivity contribution in [3.8, 4) is 11.3 Å².